The molecular formula is C7H14N2S. The topological polar surface area (TPSA) is 24.1 Å². The maximum atomic E-state index is 4.93. The summed E-state index contributed by atoms with van der Waals surface area (Å²) in [6, 6.07) is 0. The zero-order valence-electron chi connectivity index (χ0n) is 6.48. The Morgan fingerprint density at radius 2 is 2.10 bits per heavy atom. The van der Waals surface area contributed by atoms with Gasteiger partial charge in [0.05, 0.1) is 0 Å². The molecule has 0 rings (SSSR count). The second-order valence-electron chi connectivity index (χ2n) is 1.79. The van der Waals surface area contributed by atoms with E-state index in [2.05, 4.69) is 10.6 Å². The van der Waals surface area contributed by atoms with Gasteiger partial charge < -0.3 is 10.6 Å². The van der Waals surface area contributed by atoms with E-state index in [0.717, 1.165) is 18.1 Å². The molecule has 0 aromatic heterocycles. The van der Waals surface area contributed by atoms with E-state index in [1.807, 2.05) is 26.1 Å². The van der Waals surface area contributed by atoms with Crippen molar-refractivity contribution in [3.8, 4) is 0 Å². The minimum absolute atomic E-state index is 0.781. The fraction of sp³-hybridized carbons (Fsp3) is 0.571. The quantitative estimate of drug-likeness (QED) is 0.472. The number of thiocarbonyl (C=S) groups is 1. The van der Waals surface area contributed by atoms with E-state index < -0.39 is 0 Å². The van der Waals surface area contributed by atoms with E-state index >= 15 is 0 Å². The van der Waals surface area contributed by atoms with Gasteiger partial charge >= 0.3 is 0 Å². The van der Waals surface area contributed by atoms with Gasteiger partial charge in [-0.1, -0.05) is 12.2 Å². The number of hydrogen-bond donors (Lipinski definition) is 2. The van der Waals surface area contributed by atoms with Gasteiger partial charge in [-0.2, -0.15) is 0 Å². The first-order valence-corrected chi connectivity index (χ1v) is 3.89. The molecule has 2 N–H and O–H groups in total. The Kier molecular flexibility index (Phi) is 6.18. The normalized spacial score (nSPS) is 9.80. The molecule has 0 aromatic rings. The molecule has 0 aliphatic carbocycles. The lowest BCUT2D eigenvalue weighted by Gasteiger charge is -1.97. The highest BCUT2D eigenvalue weighted by Crippen LogP contribution is 1.73. The molecule has 10 heavy (non-hydrogen) atoms. The summed E-state index contributed by atoms with van der Waals surface area (Å²) in [4.78, 5) is 0.781. The number of likely N-dealkylation sites (N-methyl/N-ethyl adjacent to an activating group) is 1. The highest BCUT2D eigenvalue weighted by atomic mass is 32.1. The molecule has 0 atom stereocenters. The molecular weight excluding hydrogens is 144 g/mol. The van der Waals surface area contributed by atoms with E-state index in [1.54, 1.807) is 0 Å². The van der Waals surface area contributed by atoms with Gasteiger partial charge in [-0.05, 0) is 26.1 Å². The summed E-state index contributed by atoms with van der Waals surface area (Å²) >= 11 is 4.93. The van der Waals surface area contributed by atoms with Crippen LogP contribution < -0.4 is 10.6 Å². The molecule has 0 bridgehead atoms. The molecule has 3 heteroatoms. The zero-order valence-corrected chi connectivity index (χ0v) is 7.29. The van der Waals surface area contributed by atoms with Crippen LogP contribution in [0.4, 0.5) is 0 Å². The molecule has 2 nitrogen and oxygen atoms in total. The van der Waals surface area contributed by atoms with Crippen LogP contribution in [0.3, 0.4) is 0 Å². The molecule has 0 saturated heterocycles. The van der Waals surface area contributed by atoms with Gasteiger partial charge in [0.1, 0.15) is 4.99 Å². The van der Waals surface area contributed by atoms with Gasteiger partial charge in [0.15, 0.2) is 0 Å². The third-order valence-electron chi connectivity index (χ3n) is 0.908. The summed E-state index contributed by atoms with van der Waals surface area (Å²) in [6.07, 6.45) is 3.70. The van der Waals surface area contributed by atoms with E-state index in [4.69, 9.17) is 12.2 Å². The fourth-order valence-electron chi connectivity index (χ4n) is 0.486. The Bertz CT molecular complexity index is 121. The van der Waals surface area contributed by atoms with Crippen LogP contribution in [0, 0.1) is 0 Å². The third kappa shape index (κ3) is 5.56. The van der Waals surface area contributed by atoms with Gasteiger partial charge in [-0.3, -0.25) is 0 Å². The molecule has 0 amide bonds. The van der Waals surface area contributed by atoms with Crippen molar-refractivity contribution in [2.24, 2.45) is 0 Å². The van der Waals surface area contributed by atoms with Crippen LogP contribution in [0.5, 0.6) is 0 Å². The van der Waals surface area contributed by atoms with E-state index in [-0.39, 0.29) is 0 Å². The molecule has 0 fully saturated rings. The maximum Gasteiger partial charge on any atom is 0.100 e. The first-order valence-electron chi connectivity index (χ1n) is 3.49. The Balaban J connectivity index is 3.36. The largest absolute Gasteiger partial charge is 0.391 e. The number of hydrogen-bond acceptors (Lipinski definition) is 2. The first kappa shape index (κ1) is 9.43. The Labute approximate surface area is 67.7 Å². The van der Waals surface area contributed by atoms with Crippen LogP contribution in [-0.4, -0.2) is 18.1 Å². The molecule has 0 unspecified atom stereocenters. The molecule has 0 aliphatic heterocycles. The SMILES string of the molecule is CCN/C=C/C(=S)NCC. The minimum atomic E-state index is 0.781. The van der Waals surface area contributed by atoms with Gasteiger partial charge in [0, 0.05) is 13.1 Å². The van der Waals surface area contributed by atoms with E-state index in [1.165, 1.54) is 0 Å². The lowest BCUT2D eigenvalue weighted by molar-refractivity contribution is 0.918. The van der Waals surface area contributed by atoms with Crippen molar-refractivity contribution >= 4 is 17.2 Å². The lowest BCUT2D eigenvalue weighted by Crippen LogP contribution is -2.18. The smallest absolute Gasteiger partial charge is 0.100 e. The van der Waals surface area contributed by atoms with Crippen LogP contribution >= 0.6 is 12.2 Å². The number of nitrogens with one attached hydrogen (secondary N) is 2. The van der Waals surface area contributed by atoms with Crippen LogP contribution in [0.25, 0.3) is 0 Å². The van der Waals surface area contributed by atoms with Crippen molar-refractivity contribution in [2.75, 3.05) is 13.1 Å². The van der Waals surface area contributed by atoms with Crippen LogP contribution in [-0.2, 0) is 0 Å². The average Bonchev–Trinajstić information content (AvgIpc) is 1.89. The van der Waals surface area contributed by atoms with Gasteiger partial charge in [-0.25, -0.2) is 0 Å². The van der Waals surface area contributed by atoms with Crippen molar-refractivity contribution in [3.05, 3.63) is 12.3 Å². The fourth-order valence-corrected chi connectivity index (χ4v) is 0.698. The van der Waals surface area contributed by atoms with E-state index in [0.29, 0.717) is 0 Å². The summed E-state index contributed by atoms with van der Waals surface area (Å²) in [5.41, 5.74) is 0. The average molecular weight is 158 g/mol. The van der Waals surface area contributed by atoms with Crippen molar-refractivity contribution < 1.29 is 0 Å². The molecule has 0 radical (unpaired) electrons. The zero-order chi connectivity index (χ0) is 7.82. The van der Waals surface area contributed by atoms with Crippen LogP contribution in [0.1, 0.15) is 13.8 Å². The predicted molar refractivity (Wildman–Crippen MR) is 49.1 cm³/mol. The summed E-state index contributed by atoms with van der Waals surface area (Å²) in [7, 11) is 0. The molecule has 0 heterocycles. The highest BCUT2D eigenvalue weighted by molar-refractivity contribution is 7.80. The van der Waals surface area contributed by atoms with Crippen LogP contribution in [0.2, 0.25) is 0 Å². The van der Waals surface area contributed by atoms with E-state index in [9.17, 15) is 0 Å². The lowest BCUT2D eigenvalue weighted by atomic mass is 10.5. The van der Waals surface area contributed by atoms with Crippen molar-refractivity contribution in [1.29, 1.82) is 0 Å². The van der Waals surface area contributed by atoms with Crippen molar-refractivity contribution in [2.45, 2.75) is 13.8 Å². The molecule has 0 aliphatic rings. The molecule has 58 valence electrons. The summed E-state index contributed by atoms with van der Waals surface area (Å²) in [5, 5.41) is 6.04. The van der Waals surface area contributed by atoms with Gasteiger partial charge in [-0.15, -0.1) is 0 Å². The summed E-state index contributed by atoms with van der Waals surface area (Å²) < 4.78 is 0. The minimum Gasteiger partial charge on any atom is -0.391 e. The third-order valence-corrected chi connectivity index (χ3v) is 1.19. The van der Waals surface area contributed by atoms with Gasteiger partial charge in [0.2, 0.25) is 0 Å². The maximum absolute atomic E-state index is 4.93. The number of rotatable bonds is 4. The predicted octanol–water partition coefficient (Wildman–Crippen LogP) is 1.05. The van der Waals surface area contributed by atoms with Crippen LogP contribution in [0.15, 0.2) is 12.3 Å². The van der Waals surface area contributed by atoms with Crippen molar-refractivity contribution in [1.82, 2.24) is 10.6 Å². The Morgan fingerprint density at radius 1 is 1.40 bits per heavy atom. The molecule has 0 aromatic carbocycles. The Hall–Kier alpha value is -0.570. The van der Waals surface area contributed by atoms with Crippen molar-refractivity contribution in [3.63, 3.8) is 0 Å². The second-order valence-corrected chi connectivity index (χ2v) is 2.23. The monoisotopic (exact) mass is 158 g/mol. The first-order chi connectivity index (χ1) is 4.81. The second kappa shape index (κ2) is 6.55. The standard InChI is InChI=1S/C7H14N2S/c1-3-8-6-5-7(10)9-4-2/h5-6,8H,3-4H2,1-2H3,(H,9,10)/b6-5+. The summed E-state index contributed by atoms with van der Waals surface area (Å²) in [5.74, 6) is 0. The Morgan fingerprint density at radius 3 is 2.60 bits per heavy atom. The van der Waals surface area contributed by atoms with Gasteiger partial charge in [0.25, 0.3) is 0 Å². The summed E-state index contributed by atoms with van der Waals surface area (Å²) in [6.45, 7) is 5.88. The molecule has 0 spiro atoms. The highest BCUT2D eigenvalue weighted by Gasteiger charge is 1.82. The molecule has 0 saturated carbocycles.